The highest BCUT2D eigenvalue weighted by atomic mass is 35.5. The Hall–Kier alpha value is -2.25. The van der Waals surface area contributed by atoms with E-state index in [-0.39, 0.29) is 22.1 Å². The number of pyridine rings is 1. The number of nitrogen functional groups attached to an aromatic ring is 1. The van der Waals surface area contributed by atoms with E-state index < -0.39 is 17.5 Å². The molecule has 0 aliphatic carbocycles. The molecule has 1 heterocycles. The van der Waals surface area contributed by atoms with E-state index in [1.54, 1.807) is 0 Å². The molecule has 0 radical (unpaired) electrons. The lowest BCUT2D eigenvalue weighted by Gasteiger charge is -2.09. The Labute approximate surface area is 117 Å². The van der Waals surface area contributed by atoms with Gasteiger partial charge in [-0.05, 0) is 24.3 Å². The molecule has 1 aromatic carbocycles. The second-order valence-electron chi connectivity index (χ2n) is 3.74. The van der Waals surface area contributed by atoms with E-state index in [1.807, 2.05) is 5.43 Å². The van der Waals surface area contributed by atoms with Crippen LogP contribution in [0.1, 0.15) is 10.4 Å². The Morgan fingerprint density at radius 1 is 1.30 bits per heavy atom. The van der Waals surface area contributed by atoms with E-state index in [1.165, 1.54) is 18.3 Å². The Morgan fingerprint density at radius 2 is 2.05 bits per heavy atom. The third-order valence-electron chi connectivity index (χ3n) is 2.45. The first kappa shape index (κ1) is 14.2. The third kappa shape index (κ3) is 2.84. The van der Waals surface area contributed by atoms with Crippen LogP contribution >= 0.6 is 11.6 Å². The summed E-state index contributed by atoms with van der Waals surface area (Å²) in [6.45, 7) is 0. The number of rotatable bonds is 3. The lowest BCUT2D eigenvalue weighted by atomic mass is 10.2. The summed E-state index contributed by atoms with van der Waals surface area (Å²) in [5.41, 5.74) is 1.76. The summed E-state index contributed by atoms with van der Waals surface area (Å²) in [6.07, 6.45) is 1.21. The van der Waals surface area contributed by atoms with Gasteiger partial charge in [0.25, 0.3) is 5.91 Å². The molecule has 0 saturated heterocycles. The first-order valence-corrected chi connectivity index (χ1v) is 5.78. The zero-order chi connectivity index (χ0) is 14.7. The van der Waals surface area contributed by atoms with E-state index in [0.717, 1.165) is 12.1 Å². The van der Waals surface area contributed by atoms with Gasteiger partial charge in [-0.15, -0.1) is 0 Å². The van der Waals surface area contributed by atoms with Crippen LogP contribution in [0.15, 0.2) is 30.5 Å². The number of hydrazine groups is 1. The van der Waals surface area contributed by atoms with Crippen molar-refractivity contribution in [3.63, 3.8) is 0 Å². The zero-order valence-electron chi connectivity index (χ0n) is 9.95. The lowest BCUT2D eigenvalue weighted by molar-refractivity contribution is 0.102. The maximum absolute atomic E-state index is 13.8. The largest absolute Gasteiger partial charge is 0.320 e. The van der Waals surface area contributed by atoms with Crippen molar-refractivity contribution < 1.29 is 13.6 Å². The van der Waals surface area contributed by atoms with E-state index in [4.69, 9.17) is 17.4 Å². The van der Waals surface area contributed by atoms with E-state index in [9.17, 15) is 13.6 Å². The molecule has 2 rings (SSSR count). The fourth-order valence-corrected chi connectivity index (χ4v) is 1.67. The number of carbonyl (C=O) groups excluding carboxylic acids is 1. The molecule has 5 nitrogen and oxygen atoms in total. The van der Waals surface area contributed by atoms with Crippen LogP contribution in [-0.4, -0.2) is 10.9 Å². The predicted molar refractivity (Wildman–Crippen MR) is 71.4 cm³/mol. The van der Waals surface area contributed by atoms with Gasteiger partial charge in [-0.2, -0.15) is 0 Å². The summed E-state index contributed by atoms with van der Waals surface area (Å²) in [7, 11) is 0. The Morgan fingerprint density at radius 3 is 2.75 bits per heavy atom. The number of hydrogen-bond acceptors (Lipinski definition) is 4. The molecule has 0 atom stereocenters. The minimum absolute atomic E-state index is 0.0372. The molecular weight excluding hydrogens is 290 g/mol. The van der Waals surface area contributed by atoms with Gasteiger partial charge in [-0.1, -0.05) is 11.6 Å². The summed E-state index contributed by atoms with van der Waals surface area (Å²) >= 11 is 5.81. The Balaban J connectivity index is 2.31. The number of halogens is 3. The molecule has 0 aliphatic heterocycles. The number of nitrogens with one attached hydrogen (secondary N) is 2. The van der Waals surface area contributed by atoms with Crippen molar-refractivity contribution in [2.75, 3.05) is 10.7 Å². The summed E-state index contributed by atoms with van der Waals surface area (Å²) in [5.74, 6) is 2.49. The number of nitrogens with zero attached hydrogens (tertiary/aromatic N) is 1. The summed E-state index contributed by atoms with van der Waals surface area (Å²) in [6, 6.07) is 4.61. The van der Waals surface area contributed by atoms with Gasteiger partial charge in [0.05, 0.1) is 16.3 Å². The zero-order valence-corrected chi connectivity index (χ0v) is 10.7. The normalized spacial score (nSPS) is 10.2. The molecule has 0 bridgehead atoms. The van der Waals surface area contributed by atoms with Gasteiger partial charge in [0.1, 0.15) is 5.82 Å². The van der Waals surface area contributed by atoms with Crippen LogP contribution in [0.5, 0.6) is 0 Å². The minimum atomic E-state index is -0.917. The highest BCUT2D eigenvalue weighted by Crippen LogP contribution is 2.24. The van der Waals surface area contributed by atoms with Gasteiger partial charge in [0.15, 0.2) is 11.6 Å². The van der Waals surface area contributed by atoms with Crippen molar-refractivity contribution in [1.82, 2.24) is 4.98 Å². The van der Waals surface area contributed by atoms with Gasteiger partial charge in [0, 0.05) is 6.20 Å². The van der Waals surface area contributed by atoms with Crippen LogP contribution in [0.25, 0.3) is 0 Å². The van der Waals surface area contributed by atoms with Gasteiger partial charge in [-0.3, -0.25) is 4.79 Å². The summed E-state index contributed by atoms with van der Waals surface area (Å²) in [4.78, 5) is 15.5. The quantitative estimate of drug-likeness (QED) is 0.601. The molecule has 0 fully saturated rings. The number of benzene rings is 1. The molecule has 8 heteroatoms. The van der Waals surface area contributed by atoms with Crippen molar-refractivity contribution in [3.8, 4) is 0 Å². The van der Waals surface area contributed by atoms with Crippen LogP contribution in [0.4, 0.5) is 20.3 Å². The molecule has 2 aromatic rings. The molecule has 104 valence electrons. The average Bonchev–Trinajstić information content (AvgIpc) is 2.43. The number of carbonyl (C=O) groups is 1. The van der Waals surface area contributed by atoms with Gasteiger partial charge in [0.2, 0.25) is 0 Å². The third-order valence-corrected chi connectivity index (χ3v) is 2.78. The van der Waals surface area contributed by atoms with Crippen molar-refractivity contribution in [2.45, 2.75) is 0 Å². The fraction of sp³-hybridized carbons (Fsp3) is 0. The van der Waals surface area contributed by atoms with Crippen LogP contribution in [0.2, 0.25) is 5.02 Å². The number of anilines is 2. The molecule has 4 N–H and O–H groups in total. The number of aromatic nitrogens is 1. The van der Waals surface area contributed by atoms with Crippen molar-refractivity contribution in [3.05, 3.63) is 52.7 Å². The number of hydrogen-bond donors (Lipinski definition) is 3. The summed E-state index contributed by atoms with van der Waals surface area (Å²) in [5, 5.41) is 2.44. The molecule has 20 heavy (non-hydrogen) atoms. The highest BCUT2D eigenvalue weighted by Gasteiger charge is 2.16. The second kappa shape index (κ2) is 5.81. The summed E-state index contributed by atoms with van der Waals surface area (Å²) < 4.78 is 26.9. The van der Waals surface area contributed by atoms with E-state index >= 15 is 0 Å². The fourth-order valence-electron chi connectivity index (χ4n) is 1.50. The Kier molecular flexibility index (Phi) is 4.11. The molecule has 0 unspecified atom stereocenters. The van der Waals surface area contributed by atoms with E-state index in [2.05, 4.69) is 10.3 Å². The van der Waals surface area contributed by atoms with Gasteiger partial charge < -0.3 is 10.7 Å². The van der Waals surface area contributed by atoms with Crippen molar-refractivity contribution in [1.29, 1.82) is 0 Å². The maximum Gasteiger partial charge on any atom is 0.258 e. The molecule has 1 aromatic heterocycles. The van der Waals surface area contributed by atoms with Crippen LogP contribution in [-0.2, 0) is 0 Å². The first-order chi connectivity index (χ1) is 9.52. The second-order valence-corrected chi connectivity index (χ2v) is 4.15. The molecule has 0 spiro atoms. The lowest BCUT2D eigenvalue weighted by Crippen LogP contribution is -2.17. The number of nitrogens with two attached hydrogens (primary N) is 1. The standard InChI is InChI=1S/C12H9ClF2N4O/c13-8-2-1-6(14)5-9(8)18-12(20)7-3-4-17-11(19-16)10(7)15/h1-5H,16H2,(H,17,19)(H,18,20). The molecular formula is C12H9ClF2N4O. The van der Waals surface area contributed by atoms with Crippen molar-refractivity contribution in [2.24, 2.45) is 5.84 Å². The van der Waals surface area contributed by atoms with Gasteiger partial charge >= 0.3 is 0 Å². The monoisotopic (exact) mass is 298 g/mol. The minimum Gasteiger partial charge on any atom is -0.320 e. The van der Waals surface area contributed by atoms with Crippen LogP contribution < -0.4 is 16.6 Å². The first-order valence-electron chi connectivity index (χ1n) is 5.40. The topological polar surface area (TPSA) is 80.0 Å². The van der Waals surface area contributed by atoms with Gasteiger partial charge in [-0.25, -0.2) is 19.6 Å². The maximum atomic E-state index is 13.8. The van der Waals surface area contributed by atoms with E-state index in [0.29, 0.717) is 0 Å². The average molecular weight is 299 g/mol. The smallest absolute Gasteiger partial charge is 0.258 e. The van der Waals surface area contributed by atoms with Crippen LogP contribution in [0.3, 0.4) is 0 Å². The SMILES string of the molecule is NNc1nccc(C(=O)Nc2cc(F)ccc2Cl)c1F. The predicted octanol–water partition coefficient (Wildman–Crippen LogP) is 2.55. The molecule has 0 saturated carbocycles. The molecule has 0 aliphatic rings. The van der Waals surface area contributed by atoms with Crippen LogP contribution in [0, 0.1) is 11.6 Å². The molecule has 1 amide bonds. The number of amides is 1. The Bertz CT molecular complexity index is 666. The highest BCUT2D eigenvalue weighted by molar-refractivity contribution is 6.33. The van der Waals surface area contributed by atoms with Crippen molar-refractivity contribution >= 4 is 29.0 Å².